The van der Waals surface area contributed by atoms with Crippen molar-refractivity contribution >= 4 is 17.9 Å². The molecule has 8 heteroatoms. The van der Waals surface area contributed by atoms with Crippen molar-refractivity contribution in [2.24, 2.45) is 0 Å². The third-order valence-electron chi connectivity index (χ3n) is 6.23. The minimum absolute atomic E-state index is 0.0639. The minimum Gasteiger partial charge on any atom is -0.465 e. The molecular weight excluding hydrogens is 396 g/mol. The van der Waals surface area contributed by atoms with Gasteiger partial charge in [-0.05, 0) is 37.3 Å². The highest BCUT2D eigenvalue weighted by molar-refractivity contribution is 5.81. The van der Waals surface area contributed by atoms with Gasteiger partial charge in [-0.15, -0.1) is 0 Å². The number of likely N-dealkylation sites (tertiary alicyclic amines) is 1. The number of fused-ring (bicyclic) bond motifs is 1. The van der Waals surface area contributed by atoms with Crippen LogP contribution in [0.25, 0.3) is 0 Å². The molecular formula is C23H34N4O4. The fourth-order valence-electron chi connectivity index (χ4n) is 4.56. The molecule has 0 radical (unpaired) electrons. The summed E-state index contributed by atoms with van der Waals surface area (Å²) >= 11 is 0. The number of hydrogen-bond acceptors (Lipinski definition) is 5. The monoisotopic (exact) mass is 430 g/mol. The van der Waals surface area contributed by atoms with Gasteiger partial charge in [0.2, 0.25) is 5.91 Å². The summed E-state index contributed by atoms with van der Waals surface area (Å²) in [7, 11) is 3.60. The van der Waals surface area contributed by atoms with Crippen LogP contribution < -0.4 is 5.32 Å². The molecule has 31 heavy (non-hydrogen) atoms. The number of carbonyl (C=O) groups is 3. The van der Waals surface area contributed by atoms with Crippen molar-refractivity contribution in [2.45, 2.75) is 44.7 Å². The fourth-order valence-corrected chi connectivity index (χ4v) is 4.56. The molecule has 0 saturated carbocycles. The lowest BCUT2D eigenvalue weighted by Crippen LogP contribution is -2.52. The first-order chi connectivity index (χ1) is 14.9. The molecule has 1 fully saturated rings. The molecule has 3 amide bonds. The number of benzene rings is 1. The Morgan fingerprint density at radius 3 is 2.52 bits per heavy atom. The zero-order chi connectivity index (χ0) is 22.4. The third kappa shape index (κ3) is 5.76. The molecule has 1 atom stereocenters. The van der Waals surface area contributed by atoms with E-state index in [1.54, 1.807) is 30.8 Å². The quantitative estimate of drug-likeness (QED) is 0.696. The van der Waals surface area contributed by atoms with E-state index in [9.17, 15) is 14.4 Å². The Kier molecular flexibility index (Phi) is 7.90. The van der Waals surface area contributed by atoms with E-state index < -0.39 is 5.97 Å². The SMILES string of the molecule is CCOC(=O)CNC(=O)N1CCC(N2CCc3ccccc3C2CC(=O)N(C)C)CC1. The molecule has 2 heterocycles. The van der Waals surface area contributed by atoms with Gasteiger partial charge in [0.25, 0.3) is 0 Å². The summed E-state index contributed by atoms with van der Waals surface area (Å²) in [6, 6.07) is 8.58. The Hall–Kier alpha value is -2.61. The van der Waals surface area contributed by atoms with Gasteiger partial charge < -0.3 is 19.9 Å². The Bertz CT molecular complexity index is 790. The number of piperidine rings is 1. The molecule has 3 rings (SSSR count). The maximum absolute atomic E-state index is 12.6. The summed E-state index contributed by atoms with van der Waals surface area (Å²) in [6.07, 6.45) is 3.14. The van der Waals surface area contributed by atoms with Gasteiger partial charge in [-0.25, -0.2) is 4.79 Å². The molecule has 0 aliphatic carbocycles. The molecule has 8 nitrogen and oxygen atoms in total. The van der Waals surface area contributed by atoms with Gasteiger partial charge in [0.05, 0.1) is 6.61 Å². The smallest absolute Gasteiger partial charge is 0.325 e. The number of nitrogens with one attached hydrogen (secondary N) is 1. The van der Waals surface area contributed by atoms with Crippen molar-refractivity contribution in [3.8, 4) is 0 Å². The number of ether oxygens (including phenoxy) is 1. The maximum Gasteiger partial charge on any atom is 0.325 e. The highest BCUT2D eigenvalue weighted by Crippen LogP contribution is 2.36. The van der Waals surface area contributed by atoms with E-state index in [0.29, 0.717) is 32.2 Å². The van der Waals surface area contributed by atoms with Gasteiger partial charge in [0.1, 0.15) is 6.54 Å². The van der Waals surface area contributed by atoms with Gasteiger partial charge in [-0.1, -0.05) is 24.3 Å². The van der Waals surface area contributed by atoms with Crippen LogP contribution in [-0.4, -0.2) is 85.5 Å². The summed E-state index contributed by atoms with van der Waals surface area (Å²) in [5.74, 6) is -0.298. The van der Waals surface area contributed by atoms with Crippen LogP contribution in [0, 0.1) is 0 Å². The number of esters is 1. The van der Waals surface area contributed by atoms with Crippen molar-refractivity contribution in [3.63, 3.8) is 0 Å². The van der Waals surface area contributed by atoms with Gasteiger partial charge in [0, 0.05) is 52.2 Å². The van der Waals surface area contributed by atoms with Crippen molar-refractivity contribution in [3.05, 3.63) is 35.4 Å². The third-order valence-corrected chi connectivity index (χ3v) is 6.23. The van der Waals surface area contributed by atoms with Crippen LogP contribution in [0.4, 0.5) is 4.79 Å². The first-order valence-corrected chi connectivity index (χ1v) is 11.1. The molecule has 0 aromatic heterocycles. The molecule has 0 bridgehead atoms. The largest absolute Gasteiger partial charge is 0.465 e. The average Bonchev–Trinajstić information content (AvgIpc) is 2.78. The predicted molar refractivity (Wildman–Crippen MR) is 118 cm³/mol. The molecule has 170 valence electrons. The van der Waals surface area contributed by atoms with E-state index in [1.165, 1.54) is 11.1 Å². The van der Waals surface area contributed by atoms with Crippen LogP contribution >= 0.6 is 0 Å². The zero-order valence-electron chi connectivity index (χ0n) is 18.8. The van der Waals surface area contributed by atoms with Gasteiger partial charge in [-0.2, -0.15) is 0 Å². The summed E-state index contributed by atoms with van der Waals surface area (Å²) in [4.78, 5) is 42.3. The van der Waals surface area contributed by atoms with Crippen LogP contribution in [0.3, 0.4) is 0 Å². The topological polar surface area (TPSA) is 82.2 Å². The summed E-state index contributed by atoms with van der Waals surface area (Å²) in [5, 5.41) is 2.64. The average molecular weight is 431 g/mol. The number of hydrogen-bond donors (Lipinski definition) is 1. The Morgan fingerprint density at radius 2 is 1.84 bits per heavy atom. The number of nitrogens with zero attached hydrogens (tertiary/aromatic N) is 3. The maximum atomic E-state index is 12.6. The number of amides is 3. The Labute approximate surface area is 184 Å². The fraction of sp³-hybridized carbons (Fsp3) is 0.609. The summed E-state index contributed by atoms with van der Waals surface area (Å²) < 4.78 is 4.86. The molecule has 2 aliphatic rings. The van der Waals surface area contributed by atoms with Gasteiger partial charge >= 0.3 is 12.0 Å². The standard InChI is InChI=1S/C23H34N4O4/c1-4-31-22(29)16-24-23(30)26-12-10-18(11-13-26)27-14-9-17-7-5-6-8-19(17)20(27)15-21(28)25(2)3/h5-8,18,20H,4,9-16H2,1-3H3,(H,24,30). The van der Waals surface area contributed by atoms with Crippen LogP contribution in [-0.2, 0) is 20.7 Å². The van der Waals surface area contributed by atoms with Crippen molar-refractivity contribution in [1.29, 1.82) is 0 Å². The van der Waals surface area contributed by atoms with E-state index in [1.807, 2.05) is 6.07 Å². The molecule has 1 saturated heterocycles. The van der Waals surface area contributed by atoms with E-state index >= 15 is 0 Å². The van der Waals surface area contributed by atoms with Gasteiger partial charge in [0.15, 0.2) is 0 Å². The Balaban J connectivity index is 1.62. The number of rotatable bonds is 6. The van der Waals surface area contributed by atoms with E-state index in [2.05, 4.69) is 28.4 Å². The van der Waals surface area contributed by atoms with E-state index in [4.69, 9.17) is 4.74 Å². The number of carbonyl (C=O) groups excluding carboxylic acids is 3. The summed E-state index contributed by atoms with van der Waals surface area (Å²) in [5.41, 5.74) is 2.57. The second-order valence-corrected chi connectivity index (χ2v) is 8.38. The molecule has 1 aromatic rings. The van der Waals surface area contributed by atoms with Gasteiger partial charge in [-0.3, -0.25) is 14.5 Å². The van der Waals surface area contributed by atoms with Crippen LogP contribution in [0.2, 0.25) is 0 Å². The van der Waals surface area contributed by atoms with Crippen molar-refractivity contribution in [2.75, 3.05) is 46.9 Å². The van der Waals surface area contributed by atoms with Crippen molar-refractivity contribution < 1.29 is 19.1 Å². The molecule has 1 N–H and O–H groups in total. The zero-order valence-corrected chi connectivity index (χ0v) is 18.8. The lowest BCUT2D eigenvalue weighted by Gasteiger charge is -2.45. The molecule has 0 spiro atoms. The van der Waals surface area contributed by atoms with Crippen LogP contribution in [0.1, 0.15) is 43.4 Å². The van der Waals surface area contributed by atoms with E-state index in [-0.39, 0.29) is 24.5 Å². The normalized spacial score (nSPS) is 19.5. The van der Waals surface area contributed by atoms with Crippen molar-refractivity contribution in [1.82, 2.24) is 20.0 Å². The lowest BCUT2D eigenvalue weighted by atomic mass is 9.87. The van der Waals surface area contributed by atoms with Crippen LogP contribution in [0.5, 0.6) is 0 Å². The molecule has 1 unspecified atom stereocenters. The second kappa shape index (κ2) is 10.6. The molecule has 2 aliphatic heterocycles. The highest BCUT2D eigenvalue weighted by atomic mass is 16.5. The Morgan fingerprint density at radius 1 is 1.13 bits per heavy atom. The number of urea groups is 1. The second-order valence-electron chi connectivity index (χ2n) is 8.38. The predicted octanol–water partition coefficient (Wildman–Crippen LogP) is 1.80. The van der Waals surface area contributed by atoms with E-state index in [0.717, 1.165) is 25.8 Å². The minimum atomic E-state index is -0.425. The first-order valence-electron chi connectivity index (χ1n) is 11.1. The molecule has 1 aromatic carbocycles. The first kappa shape index (κ1) is 23.1. The lowest BCUT2D eigenvalue weighted by molar-refractivity contribution is -0.141. The summed E-state index contributed by atoms with van der Waals surface area (Å²) in [6.45, 7) is 4.11. The van der Waals surface area contributed by atoms with Crippen LogP contribution in [0.15, 0.2) is 24.3 Å². The highest BCUT2D eigenvalue weighted by Gasteiger charge is 2.36.